The van der Waals surface area contributed by atoms with Gasteiger partial charge in [0.05, 0.1) is 6.54 Å². The van der Waals surface area contributed by atoms with Gasteiger partial charge in [-0.15, -0.1) is 0 Å². The zero-order valence-corrected chi connectivity index (χ0v) is 15.1. The van der Waals surface area contributed by atoms with Crippen LogP contribution in [0.1, 0.15) is 16.1 Å². The van der Waals surface area contributed by atoms with Gasteiger partial charge in [-0.1, -0.05) is 16.8 Å². The maximum Gasteiger partial charge on any atom is 0.251 e. The summed E-state index contributed by atoms with van der Waals surface area (Å²) in [6, 6.07) is 20.4. The SMILES string of the molecule is O=C(NCc1cc(-c2ccc(Cl)cc2)on1)c1ccc(-n2cccc2)cc1. The van der Waals surface area contributed by atoms with Crippen LogP contribution < -0.4 is 5.32 Å². The summed E-state index contributed by atoms with van der Waals surface area (Å²) in [6.07, 6.45) is 3.91. The molecule has 1 N–H and O–H groups in total. The van der Waals surface area contributed by atoms with Crippen molar-refractivity contribution in [2.45, 2.75) is 6.54 Å². The minimum absolute atomic E-state index is 0.162. The minimum Gasteiger partial charge on any atom is -0.356 e. The molecule has 1 amide bonds. The normalized spacial score (nSPS) is 10.7. The van der Waals surface area contributed by atoms with Crippen molar-refractivity contribution in [1.82, 2.24) is 15.0 Å². The van der Waals surface area contributed by atoms with Gasteiger partial charge in [0.1, 0.15) is 5.69 Å². The molecule has 0 spiro atoms. The Labute approximate surface area is 161 Å². The molecule has 0 saturated carbocycles. The fourth-order valence-corrected chi connectivity index (χ4v) is 2.84. The van der Waals surface area contributed by atoms with Gasteiger partial charge in [-0.05, 0) is 60.7 Å². The molecule has 0 aliphatic carbocycles. The molecule has 0 saturated heterocycles. The van der Waals surface area contributed by atoms with Crippen molar-refractivity contribution in [3.05, 3.63) is 95.4 Å². The summed E-state index contributed by atoms with van der Waals surface area (Å²) < 4.78 is 7.32. The molecule has 0 aliphatic rings. The summed E-state index contributed by atoms with van der Waals surface area (Å²) in [5.74, 6) is 0.470. The molecule has 0 bridgehead atoms. The van der Waals surface area contributed by atoms with Crippen LogP contribution in [0.15, 0.2) is 83.6 Å². The molecule has 0 fully saturated rings. The van der Waals surface area contributed by atoms with Gasteiger partial charge in [0, 0.05) is 40.3 Å². The van der Waals surface area contributed by atoms with E-state index in [9.17, 15) is 4.79 Å². The fourth-order valence-electron chi connectivity index (χ4n) is 2.71. The van der Waals surface area contributed by atoms with Crippen LogP contribution in [0.4, 0.5) is 0 Å². The first-order valence-corrected chi connectivity index (χ1v) is 8.80. The van der Waals surface area contributed by atoms with Crippen LogP contribution in [0.5, 0.6) is 0 Å². The second kappa shape index (κ2) is 7.51. The molecule has 2 aromatic carbocycles. The summed E-state index contributed by atoms with van der Waals surface area (Å²) in [7, 11) is 0. The van der Waals surface area contributed by atoms with Crippen LogP contribution in [0.25, 0.3) is 17.0 Å². The molecule has 0 unspecified atom stereocenters. The number of benzene rings is 2. The van der Waals surface area contributed by atoms with Gasteiger partial charge < -0.3 is 14.4 Å². The number of carbonyl (C=O) groups is 1. The standard InChI is InChI=1S/C21H16ClN3O2/c22-17-7-3-15(4-8-17)20-13-18(24-27-20)14-23-21(26)16-5-9-19(10-6-16)25-11-1-2-12-25/h1-13H,14H2,(H,23,26). The molecule has 5 nitrogen and oxygen atoms in total. The molecule has 0 aliphatic heterocycles. The van der Waals surface area contributed by atoms with Crippen LogP contribution in [0.3, 0.4) is 0 Å². The Morgan fingerprint density at radius 3 is 2.44 bits per heavy atom. The number of rotatable bonds is 5. The number of nitrogens with zero attached hydrogens (tertiary/aromatic N) is 2. The van der Waals surface area contributed by atoms with Crippen molar-refractivity contribution in [3.8, 4) is 17.0 Å². The highest BCUT2D eigenvalue weighted by Crippen LogP contribution is 2.22. The van der Waals surface area contributed by atoms with E-state index in [1.54, 1.807) is 30.3 Å². The number of nitrogens with one attached hydrogen (secondary N) is 1. The van der Waals surface area contributed by atoms with Crippen LogP contribution in [-0.4, -0.2) is 15.6 Å². The van der Waals surface area contributed by atoms with E-state index in [4.69, 9.17) is 16.1 Å². The molecule has 6 heteroatoms. The highest BCUT2D eigenvalue weighted by molar-refractivity contribution is 6.30. The Hall–Kier alpha value is -3.31. The molecular weight excluding hydrogens is 362 g/mol. The molecule has 27 heavy (non-hydrogen) atoms. The van der Waals surface area contributed by atoms with Crippen molar-refractivity contribution < 1.29 is 9.32 Å². The van der Waals surface area contributed by atoms with Crippen molar-refractivity contribution in [2.24, 2.45) is 0 Å². The van der Waals surface area contributed by atoms with E-state index in [-0.39, 0.29) is 12.5 Å². The Kier molecular flexibility index (Phi) is 4.77. The first-order valence-electron chi connectivity index (χ1n) is 8.42. The number of amides is 1. The second-order valence-electron chi connectivity index (χ2n) is 6.01. The molecule has 4 aromatic rings. The lowest BCUT2D eigenvalue weighted by atomic mass is 10.1. The maximum atomic E-state index is 12.3. The highest BCUT2D eigenvalue weighted by Gasteiger charge is 2.10. The zero-order valence-electron chi connectivity index (χ0n) is 14.3. The van der Waals surface area contributed by atoms with Gasteiger partial charge in [-0.2, -0.15) is 0 Å². The molecule has 134 valence electrons. The number of aromatic nitrogens is 2. The molecular formula is C21H16ClN3O2. The quantitative estimate of drug-likeness (QED) is 0.547. The molecule has 2 aromatic heterocycles. The molecule has 0 radical (unpaired) electrons. The third kappa shape index (κ3) is 3.93. The number of hydrogen-bond acceptors (Lipinski definition) is 3. The van der Waals surface area contributed by atoms with Crippen molar-refractivity contribution in [2.75, 3.05) is 0 Å². The summed E-state index contributed by atoms with van der Waals surface area (Å²) in [5.41, 5.74) is 3.12. The second-order valence-corrected chi connectivity index (χ2v) is 6.45. The van der Waals surface area contributed by atoms with Crippen LogP contribution in [0.2, 0.25) is 5.02 Å². The van der Waals surface area contributed by atoms with Gasteiger partial charge in [0.15, 0.2) is 5.76 Å². The van der Waals surface area contributed by atoms with Gasteiger partial charge in [0.25, 0.3) is 5.91 Å². The van der Waals surface area contributed by atoms with Crippen molar-refractivity contribution in [1.29, 1.82) is 0 Å². The largest absolute Gasteiger partial charge is 0.356 e. The van der Waals surface area contributed by atoms with E-state index in [1.807, 2.05) is 53.4 Å². The average Bonchev–Trinajstić information content (AvgIpc) is 3.39. The van der Waals surface area contributed by atoms with Crippen LogP contribution in [0, 0.1) is 0 Å². The highest BCUT2D eigenvalue weighted by atomic mass is 35.5. The third-order valence-corrected chi connectivity index (χ3v) is 4.40. The summed E-state index contributed by atoms with van der Waals surface area (Å²) in [5, 5.41) is 7.52. The number of halogens is 1. The zero-order chi connectivity index (χ0) is 18.6. The lowest BCUT2D eigenvalue weighted by molar-refractivity contribution is 0.0950. The Morgan fingerprint density at radius 2 is 1.74 bits per heavy atom. The third-order valence-electron chi connectivity index (χ3n) is 4.15. The monoisotopic (exact) mass is 377 g/mol. The van der Waals surface area contributed by atoms with E-state index in [0.717, 1.165) is 11.3 Å². The van der Waals surface area contributed by atoms with Crippen molar-refractivity contribution in [3.63, 3.8) is 0 Å². The van der Waals surface area contributed by atoms with Gasteiger partial charge >= 0.3 is 0 Å². The predicted octanol–water partition coefficient (Wildman–Crippen LogP) is 4.72. The summed E-state index contributed by atoms with van der Waals surface area (Å²) >= 11 is 5.89. The van der Waals surface area contributed by atoms with Crippen molar-refractivity contribution >= 4 is 17.5 Å². The van der Waals surface area contributed by atoms with Crippen LogP contribution >= 0.6 is 11.6 Å². The van der Waals surface area contributed by atoms with Gasteiger partial charge in [-0.25, -0.2) is 0 Å². The van der Waals surface area contributed by atoms with Gasteiger partial charge in [-0.3, -0.25) is 4.79 Å². The first kappa shape index (κ1) is 17.1. The predicted molar refractivity (Wildman–Crippen MR) is 104 cm³/mol. The average molecular weight is 378 g/mol. The Bertz CT molecular complexity index is 1040. The van der Waals surface area contributed by atoms with E-state index < -0.39 is 0 Å². The Balaban J connectivity index is 1.38. The summed E-state index contributed by atoms with van der Waals surface area (Å²) in [4.78, 5) is 12.3. The summed E-state index contributed by atoms with van der Waals surface area (Å²) in [6.45, 7) is 0.287. The van der Waals surface area contributed by atoms with E-state index in [2.05, 4.69) is 10.5 Å². The lowest BCUT2D eigenvalue weighted by Crippen LogP contribution is -2.22. The first-order chi connectivity index (χ1) is 13.2. The maximum absolute atomic E-state index is 12.3. The smallest absolute Gasteiger partial charge is 0.251 e. The van der Waals surface area contributed by atoms with Crippen LogP contribution in [-0.2, 0) is 6.54 Å². The lowest BCUT2D eigenvalue weighted by Gasteiger charge is -2.06. The van der Waals surface area contributed by atoms with E-state index >= 15 is 0 Å². The minimum atomic E-state index is -0.162. The molecule has 2 heterocycles. The molecule has 4 rings (SSSR count). The van der Waals surface area contributed by atoms with E-state index in [0.29, 0.717) is 22.0 Å². The van der Waals surface area contributed by atoms with Gasteiger partial charge in [0.2, 0.25) is 0 Å². The topological polar surface area (TPSA) is 60.1 Å². The molecule has 0 atom stereocenters. The fraction of sp³-hybridized carbons (Fsp3) is 0.0476. The van der Waals surface area contributed by atoms with E-state index in [1.165, 1.54) is 0 Å². The number of hydrogen-bond donors (Lipinski definition) is 1. The Morgan fingerprint density at radius 1 is 1.04 bits per heavy atom. The number of carbonyl (C=O) groups excluding carboxylic acids is 1.